The van der Waals surface area contributed by atoms with Crippen LogP contribution < -0.4 is 0 Å². The van der Waals surface area contributed by atoms with Crippen molar-refractivity contribution >= 4 is 11.9 Å². The van der Waals surface area contributed by atoms with E-state index in [9.17, 15) is 19.8 Å². The highest BCUT2D eigenvalue weighted by molar-refractivity contribution is 5.93. The van der Waals surface area contributed by atoms with Gasteiger partial charge in [0.15, 0.2) is 0 Å². The number of furan rings is 1. The van der Waals surface area contributed by atoms with Gasteiger partial charge in [-0.1, -0.05) is 220 Å². The summed E-state index contributed by atoms with van der Waals surface area (Å²) < 4.78 is 5.94. The summed E-state index contributed by atoms with van der Waals surface area (Å²) in [5.41, 5.74) is 1.50. The Hall–Kier alpha value is -1.78. The number of carboxylic acids is 2. The van der Waals surface area contributed by atoms with Gasteiger partial charge in [0.05, 0.1) is 0 Å². The van der Waals surface area contributed by atoms with Gasteiger partial charge < -0.3 is 14.6 Å². The van der Waals surface area contributed by atoms with Crippen molar-refractivity contribution in [3.63, 3.8) is 0 Å². The summed E-state index contributed by atoms with van der Waals surface area (Å²) in [6.45, 7) is 9.01. The fraction of sp³-hybridized carbons (Fsp3) is 0.870. The van der Waals surface area contributed by atoms with Crippen LogP contribution in [-0.2, 0) is 0 Å². The van der Waals surface area contributed by atoms with Crippen molar-refractivity contribution in [3.8, 4) is 0 Å². The molecule has 5 heteroatoms. The van der Waals surface area contributed by atoms with E-state index in [1.54, 1.807) is 0 Å². The third-order valence-electron chi connectivity index (χ3n) is 11.3. The SMILES string of the molecule is CCCCCCCCCCC(CCCCCCCCC)c1c(C(=O)O)oc(C(=O)O)c1C(CCCCCCCCC)CCCCCCCCCC. The van der Waals surface area contributed by atoms with Crippen molar-refractivity contribution in [3.05, 3.63) is 22.6 Å². The minimum Gasteiger partial charge on any atom is -0.475 e. The fourth-order valence-corrected chi connectivity index (χ4v) is 8.20. The molecule has 0 aromatic carbocycles. The van der Waals surface area contributed by atoms with E-state index in [4.69, 9.17) is 4.42 Å². The maximum atomic E-state index is 12.8. The van der Waals surface area contributed by atoms with Crippen LogP contribution in [0.5, 0.6) is 0 Å². The molecule has 1 aromatic heterocycles. The molecule has 0 saturated carbocycles. The summed E-state index contributed by atoms with van der Waals surface area (Å²) in [6, 6.07) is 0. The van der Waals surface area contributed by atoms with Gasteiger partial charge in [0.2, 0.25) is 11.5 Å². The third-order valence-corrected chi connectivity index (χ3v) is 11.3. The van der Waals surface area contributed by atoms with Crippen molar-refractivity contribution in [2.45, 2.75) is 258 Å². The summed E-state index contributed by atoms with van der Waals surface area (Å²) in [5, 5.41) is 21.0. The lowest BCUT2D eigenvalue weighted by Crippen LogP contribution is -2.13. The number of hydrogen-bond acceptors (Lipinski definition) is 3. The second-order valence-electron chi connectivity index (χ2n) is 15.9. The van der Waals surface area contributed by atoms with Crippen LogP contribution >= 0.6 is 0 Å². The summed E-state index contributed by atoms with van der Waals surface area (Å²) in [4.78, 5) is 25.6. The molecule has 0 aliphatic heterocycles. The van der Waals surface area contributed by atoms with Crippen LogP contribution in [0, 0.1) is 0 Å². The fourth-order valence-electron chi connectivity index (χ4n) is 8.20. The first-order chi connectivity index (χ1) is 24.9. The van der Waals surface area contributed by atoms with E-state index < -0.39 is 11.9 Å². The zero-order chi connectivity index (χ0) is 37.4. The summed E-state index contributed by atoms with van der Waals surface area (Å²) >= 11 is 0. The molecule has 1 heterocycles. The minimum atomic E-state index is -1.11. The Morgan fingerprint density at radius 3 is 0.765 bits per heavy atom. The highest BCUT2D eigenvalue weighted by Gasteiger charge is 2.35. The summed E-state index contributed by atoms with van der Waals surface area (Å²) in [7, 11) is 0. The molecule has 0 aliphatic carbocycles. The van der Waals surface area contributed by atoms with E-state index in [1.807, 2.05) is 0 Å². The molecule has 5 nitrogen and oxygen atoms in total. The first-order valence-electron chi connectivity index (χ1n) is 22.6. The molecule has 0 saturated heterocycles. The molecule has 51 heavy (non-hydrogen) atoms. The van der Waals surface area contributed by atoms with Gasteiger partial charge in [-0.25, -0.2) is 9.59 Å². The number of carboxylic acid groups (broad SMARTS) is 2. The predicted molar refractivity (Wildman–Crippen MR) is 218 cm³/mol. The summed E-state index contributed by atoms with van der Waals surface area (Å²) in [5.74, 6) is -2.32. The topological polar surface area (TPSA) is 87.7 Å². The van der Waals surface area contributed by atoms with Crippen molar-refractivity contribution in [1.29, 1.82) is 0 Å². The predicted octanol–water partition coefficient (Wildman–Crippen LogP) is 16.2. The van der Waals surface area contributed by atoms with Crippen molar-refractivity contribution < 1.29 is 24.2 Å². The highest BCUT2D eigenvalue weighted by Crippen LogP contribution is 2.43. The van der Waals surface area contributed by atoms with Crippen LogP contribution in [0.2, 0.25) is 0 Å². The molecule has 2 atom stereocenters. The van der Waals surface area contributed by atoms with Crippen LogP contribution in [0.4, 0.5) is 0 Å². The summed E-state index contributed by atoms with van der Waals surface area (Å²) in [6.07, 6.45) is 40.4. The molecular formula is C46H84O5. The molecule has 0 radical (unpaired) electrons. The van der Waals surface area contributed by atoms with Crippen LogP contribution in [0.15, 0.2) is 4.42 Å². The zero-order valence-corrected chi connectivity index (χ0v) is 34.3. The number of rotatable bonds is 38. The molecule has 0 aliphatic rings. The Morgan fingerprint density at radius 2 is 0.569 bits per heavy atom. The second-order valence-corrected chi connectivity index (χ2v) is 15.9. The molecule has 0 bridgehead atoms. The molecule has 298 valence electrons. The van der Waals surface area contributed by atoms with Gasteiger partial charge in [0.25, 0.3) is 0 Å². The molecule has 0 fully saturated rings. The number of aromatic carboxylic acids is 2. The van der Waals surface area contributed by atoms with Crippen molar-refractivity contribution in [2.75, 3.05) is 0 Å². The van der Waals surface area contributed by atoms with E-state index in [0.29, 0.717) is 0 Å². The van der Waals surface area contributed by atoms with E-state index in [0.717, 1.165) is 88.2 Å². The maximum absolute atomic E-state index is 12.8. The van der Waals surface area contributed by atoms with Gasteiger partial charge >= 0.3 is 11.9 Å². The lowest BCUT2D eigenvalue weighted by molar-refractivity contribution is 0.0629. The monoisotopic (exact) mass is 717 g/mol. The van der Waals surface area contributed by atoms with Crippen molar-refractivity contribution in [1.82, 2.24) is 0 Å². The molecule has 1 aromatic rings. The van der Waals surface area contributed by atoms with Gasteiger partial charge in [-0.05, 0) is 37.5 Å². The second kappa shape index (κ2) is 32.8. The van der Waals surface area contributed by atoms with E-state index in [1.165, 1.54) is 141 Å². The Morgan fingerprint density at radius 1 is 0.373 bits per heavy atom. The Labute approximate surface area is 315 Å². The van der Waals surface area contributed by atoms with Gasteiger partial charge in [0.1, 0.15) is 0 Å². The molecule has 1 rings (SSSR count). The highest BCUT2D eigenvalue weighted by atomic mass is 16.4. The lowest BCUT2D eigenvalue weighted by Gasteiger charge is -2.24. The molecule has 0 spiro atoms. The molecule has 2 N–H and O–H groups in total. The van der Waals surface area contributed by atoms with Crippen LogP contribution in [0.3, 0.4) is 0 Å². The molecule has 0 amide bonds. The van der Waals surface area contributed by atoms with Crippen molar-refractivity contribution in [2.24, 2.45) is 0 Å². The molecule has 2 unspecified atom stereocenters. The normalized spacial score (nSPS) is 12.8. The standard InChI is InChI=1S/C46H84O5/c1-5-9-13-17-21-25-29-33-37-39(35-31-27-23-19-15-11-7-3)41-42(44(46(49)50)51-43(41)45(47)48)40(36-32-28-24-20-16-12-8-4)38-34-30-26-22-18-14-10-6-2/h39-40H,5-38H2,1-4H3,(H,47,48)(H,49,50). The zero-order valence-electron chi connectivity index (χ0n) is 34.3. The number of carbonyl (C=O) groups is 2. The van der Waals surface area contributed by atoms with E-state index in [2.05, 4.69) is 27.7 Å². The average molecular weight is 717 g/mol. The smallest absolute Gasteiger partial charge is 0.372 e. The number of hydrogen-bond donors (Lipinski definition) is 2. The van der Waals surface area contributed by atoms with Gasteiger partial charge in [-0.3, -0.25) is 0 Å². The Kier molecular flexibility index (Phi) is 30.4. The minimum absolute atomic E-state index is 0.0359. The third kappa shape index (κ3) is 22.1. The van der Waals surface area contributed by atoms with Crippen LogP contribution in [-0.4, -0.2) is 22.2 Å². The quantitative estimate of drug-likeness (QED) is 0.0665. The first-order valence-corrected chi connectivity index (χ1v) is 22.6. The van der Waals surface area contributed by atoms with E-state index in [-0.39, 0.29) is 23.4 Å². The van der Waals surface area contributed by atoms with Crippen LogP contribution in [0.25, 0.3) is 0 Å². The first kappa shape index (κ1) is 47.2. The lowest BCUT2D eigenvalue weighted by atomic mass is 9.79. The largest absolute Gasteiger partial charge is 0.475 e. The van der Waals surface area contributed by atoms with Gasteiger partial charge in [0, 0.05) is 11.1 Å². The maximum Gasteiger partial charge on any atom is 0.372 e. The Balaban J connectivity index is 3.30. The van der Waals surface area contributed by atoms with E-state index >= 15 is 0 Å². The molecular weight excluding hydrogens is 633 g/mol. The Bertz CT molecular complexity index is 891. The average Bonchev–Trinajstić information content (AvgIpc) is 3.52. The number of unbranched alkanes of at least 4 members (excludes halogenated alkanes) is 26. The van der Waals surface area contributed by atoms with Gasteiger partial charge in [-0.15, -0.1) is 0 Å². The van der Waals surface area contributed by atoms with Crippen LogP contribution in [0.1, 0.15) is 290 Å². The van der Waals surface area contributed by atoms with Gasteiger partial charge in [-0.2, -0.15) is 0 Å².